The van der Waals surface area contributed by atoms with E-state index < -0.39 is 25.3 Å². The van der Waals surface area contributed by atoms with E-state index in [2.05, 4.69) is 10.1 Å². The van der Waals surface area contributed by atoms with Gasteiger partial charge in [-0.3, -0.25) is 4.79 Å². The van der Waals surface area contributed by atoms with E-state index in [-0.39, 0.29) is 6.54 Å². The van der Waals surface area contributed by atoms with E-state index in [9.17, 15) is 18.0 Å². The molecule has 19 heavy (non-hydrogen) atoms. The molecular weight excluding hydrogens is 261 g/mol. The summed E-state index contributed by atoms with van der Waals surface area (Å²) < 4.78 is 39.5. The van der Waals surface area contributed by atoms with Crippen LogP contribution >= 0.6 is 0 Å². The topological polar surface area (TPSA) is 64.3 Å². The summed E-state index contributed by atoms with van der Waals surface area (Å²) >= 11 is 0. The van der Waals surface area contributed by atoms with Crippen molar-refractivity contribution in [3.63, 3.8) is 0 Å². The molecule has 7 heteroatoms. The van der Waals surface area contributed by atoms with Gasteiger partial charge in [0, 0.05) is 13.1 Å². The summed E-state index contributed by atoms with van der Waals surface area (Å²) in [6.07, 6.45) is -4.42. The Balaban J connectivity index is 2.26. The second kappa shape index (κ2) is 7.10. The van der Waals surface area contributed by atoms with Crippen LogP contribution in [0.5, 0.6) is 0 Å². The molecular formula is C12H15F3N2O2. The lowest BCUT2D eigenvalue weighted by Crippen LogP contribution is -2.29. The third-order valence-corrected chi connectivity index (χ3v) is 2.25. The normalized spacial score (nSPS) is 11.4. The van der Waals surface area contributed by atoms with Gasteiger partial charge in [-0.1, -0.05) is 24.3 Å². The predicted molar refractivity (Wildman–Crippen MR) is 63.1 cm³/mol. The van der Waals surface area contributed by atoms with Crippen molar-refractivity contribution in [2.45, 2.75) is 19.3 Å². The number of carbonyl (C=O) groups is 1. The predicted octanol–water partition coefficient (Wildman–Crippen LogP) is 1.34. The van der Waals surface area contributed by atoms with Crippen LogP contribution in [-0.2, 0) is 22.6 Å². The van der Waals surface area contributed by atoms with Crippen LogP contribution in [0.1, 0.15) is 11.1 Å². The lowest BCUT2D eigenvalue weighted by atomic mass is 10.1. The first-order chi connectivity index (χ1) is 8.90. The van der Waals surface area contributed by atoms with Gasteiger partial charge in [-0.2, -0.15) is 13.2 Å². The molecule has 0 fully saturated rings. The Morgan fingerprint density at radius 2 is 1.79 bits per heavy atom. The Morgan fingerprint density at radius 3 is 2.32 bits per heavy atom. The molecule has 0 radical (unpaired) electrons. The highest BCUT2D eigenvalue weighted by atomic mass is 19.4. The number of alkyl halides is 3. The van der Waals surface area contributed by atoms with Gasteiger partial charge in [0.1, 0.15) is 13.2 Å². The number of carbonyl (C=O) groups excluding carboxylic acids is 1. The number of halogens is 3. The minimum Gasteiger partial charge on any atom is -0.362 e. The number of hydrogen-bond donors (Lipinski definition) is 2. The summed E-state index contributed by atoms with van der Waals surface area (Å²) in [5.74, 6) is -0.591. The fraction of sp³-hybridized carbons (Fsp3) is 0.417. The van der Waals surface area contributed by atoms with Crippen LogP contribution in [0.2, 0.25) is 0 Å². The molecule has 1 aromatic rings. The second-order valence-electron chi connectivity index (χ2n) is 3.91. The summed E-state index contributed by atoms with van der Waals surface area (Å²) in [7, 11) is 0. The van der Waals surface area contributed by atoms with E-state index in [1.54, 1.807) is 12.1 Å². The van der Waals surface area contributed by atoms with E-state index in [0.29, 0.717) is 6.54 Å². The van der Waals surface area contributed by atoms with Gasteiger partial charge < -0.3 is 15.8 Å². The molecule has 0 unspecified atom stereocenters. The van der Waals surface area contributed by atoms with Crippen molar-refractivity contribution in [3.8, 4) is 0 Å². The molecule has 3 N–H and O–H groups in total. The number of hydrogen-bond acceptors (Lipinski definition) is 3. The van der Waals surface area contributed by atoms with Crippen molar-refractivity contribution in [2.75, 3.05) is 13.2 Å². The molecule has 0 bridgehead atoms. The maximum Gasteiger partial charge on any atom is 0.411 e. The molecule has 0 spiro atoms. The van der Waals surface area contributed by atoms with Gasteiger partial charge in [-0.15, -0.1) is 0 Å². The van der Waals surface area contributed by atoms with E-state index in [1.807, 2.05) is 12.1 Å². The van der Waals surface area contributed by atoms with Crippen LogP contribution in [0.4, 0.5) is 13.2 Å². The van der Waals surface area contributed by atoms with Gasteiger partial charge in [0.15, 0.2) is 0 Å². The van der Waals surface area contributed by atoms with Crippen LogP contribution < -0.4 is 11.1 Å². The molecule has 0 aliphatic heterocycles. The number of rotatable bonds is 6. The maximum atomic E-state index is 11.8. The quantitative estimate of drug-likeness (QED) is 0.824. The molecule has 1 amide bonds. The molecule has 106 valence electrons. The van der Waals surface area contributed by atoms with E-state index >= 15 is 0 Å². The SMILES string of the molecule is NCc1ccc(CNC(=O)COCC(F)(F)F)cc1. The minimum absolute atomic E-state index is 0.235. The second-order valence-corrected chi connectivity index (χ2v) is 3.91. The fourth-order valence-corrected chi connectivity index (χ4v) is 1.30. The highest BCUT2D eigenvalue weighted by molar-refractivity contribution is 5.77. The van der Waals surface area contributed by atoms with Crippen molar-refractivity contribution in [1.29, 1.82) is 0 Å². The van der Waals surface area contributed by atoms with Gasteiger partial charge in [-0.05, 0) is 11.1 Å². The monoisotopic (exact) mass is 276 g/mol. The highest BCUT2D eigenvalue weighted by Crippen LogP contribution is 2.14. The zero-order valence-corrected chi connectivity index (χ0v) is 10.2. The van der Waals surface area contributed by atoms with Gasteiger partial charge in [0.05, 0.1) is 0 Å². The number of benzene rings is 1. The van der Waals surface area contributed by atoms with Gasteiger partial charge in [0.2, 0.25) is 5.91 Å². The molecule has 4 nitrogen and oxygen atoms in total. The zero-order valence-electron chi connectivity index (χ0n) is 10.2. The molecule has 0 saturated heterocycles. The summed E-state index contributed by atoms with van der Waals surface area (Å²) in [6.45, 7) is -1.37. The molecule has 1 aromatic carbocycles. The Hall–Kier alpha value is -1.60. The van der Waals surface area contributed by atoms with Crippen molar-refractivity contribution < 1.29 is 22.7 Å². The van der Waals surface area contributed by atoms with Crippen molar-refractivity contribution >= 4 is 5.91 Å². The first kappa shape index (κ1) is 15.5. The number of ether oxygens (including phenoxy) is 1. The number of nitrogens with one attached hydrogen (secondary N) is 1. The van der Waals surface area contributed by atoms with Crippen molar-refractivity contribution in [2.24, 2.45) is 5.73 Å². The summed E-state index contributed by atoms with van der Waals surface area (Å²) in [4.78, 5) is 11.2. The average molecular weight is 276 g/mol. The van der Waals surface area contributed by atoms with Crippen LogP contribution in [0.15, 0.2) is 24.3 Å². The Morgan fingerprint density at radius 1 is 1.21 bits per heavy atom. The standard InChI is InChI=1S/C12H15F3N2O2/c13-12(14,15)8-19-7-11(18)17-6-10-3-1-9(5-16)2-4-10/h1-4H,5-8,16H2,(H,17,18). The Labute approximate surface area is 108 Å². The van der Waals surface area contributed by atoms with Crippen molar-refractivity contribution in [3.05, 3.63) is 35.4 Å². The third-order valence-electron chi connectivity index (χ3n) is 2.25. The Bertz CT molecular complexity index is 404. The first-order valence-corrected chi connectivity index (χ1v) is 5.60. The van der Waals surface area contributed by atoms with Crippen LogP contribution in [0.3, 0.4) is 0 Å². The number of nitrogens with two attached hydrogens (primary N) is 1. The summed E-state index contributed by atoms with van der Waals surface area (Å²) in [5, 5.41) is 2.46. The molecule has 0 aromatic heterocycles. The van der Waals surface area contributed by atoms with Crippen LogP contribution in [-0.4, -0.2) is 25.3 Å². The number of amides is 1. The molecule has 1 rings (SSSR count). The van der Waals surface area contributed by atoms with Gasteiger partial charge in [-0.25, -0.2) is 0 Å². The fourth-order valence-electron chi connectivity index (χ4n) is 1.30. The minimum atomic E-state index is -4.42. The lowest BCUT2D eigenvalue weighted by Gasteiger charge is -2.08. The smallest absolute Gasteiger partial charge is 0.362 e. The molecule has 0 aliphatic rings. The van der Waals surface area contributed by atoms with Gasteiger partial charge >= 0.3 is 6.18 Å². The van der Waals surface area contributed by atoms with Crippen LogP contribution in [0.25, 0.3) is 0 Å². The molecule has 0 heterocycles. The zero-order chi connectivity index (χ0) is 14.3. The van der Waals surface area contributed by atoms with Crippen LogP contribution in [0, 0.1) is 0 Å². The Kier molecular flexibility index (Phi) is 5.78. The average Bonchev–Trinajstić information content (AvgIpc) is 2.35. The first-order valence-electron chi connectivity index (χ1n) is 5.60. The molecule has 0 saturated carbocycles. The maximum absolute atomic E-state index is 11.8. The third kappa shape index (κ3) is 6.78. The van der Waals surface area contributed by atoms with E-state index in [1.165, 1.54) is 0 Å². The van der Waals surface area contributed by atoms with Crippen molar-refractivity contribution in [1.82, 2.24) is 5.32 Å². The van der Waals surface area contributed by atoms with Gasteiger partial charge in [0.25, 0.3) is 0 Å². The van der Waals surface area contributed by atoms with E-state index in [0.717, 1.165) is 11.1 Å². The highest BCUT2D eigenvalue weighted by Gasteiger charge is 2.27. The van der Waals surface area contributed by atoms with E-state index in [4.69, 9.17) is 5.73 Å². The lowest BCUT2D eigenvalue weighted by molar-refractivity contribution is -0.175. The summed E-state index contributed by atoms with van der Waals surface area (Å²) in [6, 6.07) is 7.22. The summed E-state index contributed by atoms with van der Waals surface area (Å²) in [5.41, 5.74) is 7.23. The molecule has 0 aliphatic carbocycles. The molecule has 0 atom stereocenters. The largest absolute Gasteiger partial charge is 0.411 e.